The fraction of sp³-hybridized carbons (Fsp3) is 0.350. The van der Waals surface area contributed by atoms with Crippen LogP contribution in [0.1, 0.15) is 17.8 Å². The van der Waals surface area contributed by atoms with Crippen LogP contribution in [0.25, 0.3) is 5.78 Å². The summed E-state index contributed by atoms with van der Waals surface area (Å²) in [5, 5.41) is 13.9. The maximum atomic E-state index is 13.0. The Hall–Kier alpha value is -3.32. The monoisotopic (exact) mass is 424 g/mol. The van der Waals surface area contributed by atoms with Crippen molar-refractivity contribution < 1.29 is 14.3 Å². The van der Waals surface area contributed by atoms with Crippen LogP contribution in [0, 0.1) is 25.2 Å². The molecule has 4 rings (SSSR count). The molecule has 10 heteroatoms. The molecule has 1 aliphatic rings. The summed E-state index contributed by atoms with van der Waals surface area (Å²) in [6.45, 7) is 5.08. The number of carbonyl (C=O) groups is 1. The van der Waals surface area contributed by atoms with Crippen molar-refractivity contribution >= 4 is 29.1 Å². The number of aromatic nitrogens is 4. The summed E-state index contributed by atoms with van der Waals surface area (Å²) in [6, 6.07) is 9.37. The van der Waals surface area contributed by atoms with E-state index in [0.29, 0.717) is 41.3 Å². The molecule has 0 saturated carbocycles. The third kappa shape index (κ3) is 4.16. The number of hydrogen-bond donors (Lipinski definition) is 0. The third-order valence-corrected chi connectivity index (χ3v) is 5.33. The van der Waals surface area contributed by atoms with Crippen molar-refractivity contribution in [3.63, 3.8) is 0 Å². The molecule has 2 aromatic heterocycles. The van der Waals surface area contributed by atoms with Crippen LogP contribution >= 0.6 is 11.8 Å². The SMILES string of the molecule is Cc1cc(C)n2nc(SCC(=O)N(CCC#N)c3ccc4c(c3)OCCO4)nc2n1. The van der Waals surface area contributed by atoms with E-state index in [1.165, 1.54) is 11.8 Å². The molecule has 0 aliphatic carbocycles. The highest BCUT2D eigenvalue weighted by molar-refractivity contribution is 7.99. The molecule has 3 heterocycles. The number of amides is 1. The Kier molecular flexibility index (Phi) is 5.72. The van der Waals surface area contributed by atoms with Crippen molar-refractivity contribution in [1.82, 2.24) is 19.6 Å². The van der Waals surface area contributed by atoms with Crippen LogP contribution < -0.4 is 14.4 Å². The minimum absolute atomic E-state index is 0.134. The zero-order chi connectivity index (χ0) is 21.1. The summed E-state index contributed by atoms with van der Waals surface area (Å²) in [5.74, 6) is 1.75. The molecular weight excluding hydrogens is 404 g/mol. The lowest BCUT2D eigenvalue weighted by Gasteiger charge is -2.24. The second-order valence-electron chi connectivity index (χ2n) is 6.72. The number of ether oxygens (including phenoxy) is 2. The molecule has 1 amide bonds. The van der Waals surface area contributed by atoms with Gasteiger partial charge in [0.2, 0.25) is 11.1 Å². The normalized spacial score (nSPS) is 12.6. The smallest absolute Gasteiger partial charge is 0.253 e. The van der Waals surface area contributed by atoms with Crippen molar-refractivity contribution in [3.8, 4) is 17.6 Å². The molecule has 0 fully saturated rings. The number of thioether (sulfide) groups is 1. The lowest BCUT2D eigenvalue weighted by atomic mass is 10.2. The minimum Gasteiger partial charge on any atom is -0.486 e. The Labute approximate surface area is 177 Å². The quantitative estimate of drug-likeness (QED) is 0.556. The largest absolute Gasteiger partial charge is 0.486 e. The first-order valence-corrected chi connectivity index (χ1v) is 10.4. The molecule has 9 nitrogen and oxygen atoms in total. The van der Waals surface area contributed by atoms with Gasteiger partial charge in [-0.25, -0.2) is 9.50 Å². The molecule has 1 aliphatic heterocycles. The van der Waals surface area contributed by atoms with Gasteiger partial charge in [-0.2, -0.15) is 10.2 Å². The Balaban J connectivity index is 1.51. The van der Waals surface area contributed by atoms with Crippen molar-refractivity contribution in [2.24, 2.45) is 0 Å². The van der Waals surface area contributed by atoms with Crippen molar-refractivity contribution in [1.29, 1.82) is 5.26 Å². The third-order valence-electron chi connectivity index (χ3n) is 4.51. The first kappa shape index (κ1) is 20.0. The average molecular weight is 424 g/mol. The highest BCUT2D eigenvalue weighted by Crippen LogP contribution is 2.34. The van der Waals surface area contributed by atoms with Crippen molar-refractivity contribution in [2.45, 2.75) is 25.4 Å². The van der Waals surface area contributed by atoms with Gasteiger partial charge >= 0.3 is 0 Å². The molecule has 0 bridgehead atoms. The molecule has 0 N–H and O–H groups in total. The number of benzene rings is 1. The summed E-state index contributed by atoms with van der Waals surface area (Å²) in [4.78, 5) is 23.3. The van der Waals surface area contributed by atoms with Crippen LogP contribution in [0.2, 0.25) is 0 Å². The van der Waals surface area contributed by atoms with Crippen LogP contribution in [0.5, 0.6) is 11.5 Å². The van der Waals surface area contributed by atoms with Crippen molar-refractivity contribution in [2.75, 3.05) is 30.4 Å². The van der Waals surface area contributed by atoms with E-state index in [2.05, 4.69) is 21.1 Å². The molecule has 0 saturated heterocycles. The molecule has 0 radical (unpaired) electrons. The predicted octanol–water partition coefficient (Wildman–Crippen LogP) is 2.55. The lowest BCUT2D eigenvalue weighted by molar-refractivity contribution is -0.116. The summed E-state index contributed by atoms with van der Waals surface area (Å²) in [5.41, 5.74) is 2.45. The van der Waals surface area contributed by atoms with Crippen molar-refractivity contribution in [3.05, 3.63) is 35.7 Å². The van der Waals surface area contributed by atoms with Gasteiger partial charge in [0.15, 0.2) is 11.5 Å². The van der Waals surface area contributed by atoms with E-state index in [0.717, 1.165) is 11.4 Å². The van der Waals surface area contributed by atoms with Gasteiger partial charge in [0.25, 0.3) is 5.78 Å². The second-order valence-corrected chi connectivity index (χ2v) is 7.66. The Morgan fingerprint density at radius 1 is 1.23 bits per heavy atom. The van der Waals surface area contributed by atoms with E-state index in [4.69, 9.17) is 14.7 Å². The number of anilines is 1. The zero-order valence-electron chi connectivity index (χ0n) is 16.7. The van der Waals surface area contributed by atoms with E-state index in [1.54, 1.807) is 27.6 Å². The number of aryl methyl sites for hydroxylation is 2. The molecule has 154 valence electrons. The Morgan fingerprint density at radius 2 is 2.03 bits per heavy atom. The summed E-state index contributed by atoms with van der Waals surface area (Å²) in [6.07, 6.45) is 0.222. The van der Waals surface area contributed by atoms with Gasteiger partial charge in [0.1, 0.15) is 13.2 Å². The Morgan fingerprint density at radius 3 is 2.83 bits per heavy atom. The van der Waals surface area contributed by atoms with Gasteiger partial charge in [-0.3, -0.25) is 4.79 Å². The van der Waals surface area contributed by atoms with Crippen LogP contribution in [0.4, 0.5) is 5.69 Å². The van der Waals surface area contributed by atoms with Crippen LogP contribution in [0.3, 0.4) is 0 Å². The number of nitrogens with zero attached hydrogens (tertiary/aromatic N) is 6. The molecule has 0 unspecified atom stereocenters. The molecule has 30 heavy (non-hydrogen) atoms. The zero-order valence-corrected chi connectivity index (χ0v) is 17.5. The fourth-order valence-corrected chi connectivity index (χ4v) is 3.87. The first-order chi connectivity index (χ1) is 14.5. The standard InChI is InChI=1S/C20H20N6O3S/c1-13-10-14(2)26-19(22-13)23-20(24-26)30-12-18(27)25(7-3-6-21)15-4-5-16-17(11-15)29-9-8-28-16/h4-5,10-11H,3,7-9,12H2,1-2H3. The van der Waals surface area contributed by atoms with Gasteiger partial charge in [-0.1, -0.05) is 11.8 Å². The molecule has 0 spiro atoms. The topological polar surface area (TPSA) is 106 Å². The number of carbonyl (C=O) groups excluding carboxylic acids is 1. The maximum Gasteiger partial charge on any atom is 0.253 e. The van der Waals surface area contributed by atoms with E-state index in [9.17, 15) is 4.79 Å². The summed E-state index contributed by atoms with van der Waals surface area (Å²) >= 11 is 1.24. The van der Waals surface area contributed by atoms with Gasteiger partial charge in [0.05, 0.1) is 18.2 Å². The number of nitriles is 1. The highest BCUT2D eigenvalue weighted by atomic mass is 32.2. The molecular formula is C20H20N6O3S. The van der Waals surface area contributed by atoms with Gasteiger partial charge in [-0.15, -0.1) is 5.10 Å². The van der Waals surface area contributed by atoms with Gasteiger partial charge in [0, 0.05) is 29.7 Å². The predicted molar refractivity (Wildman–Crippen MR) is 111 cm³/mol. The average Bonchev–Trinajstić information content (AvgIpc) is 3.15. The number of hydrogen-bond acceptors (Lipinski definition) is 8. The van der Waals surface area contributed by atoms with Gasteiger partial charge in [-0.05, 0) is 32.0 Å². The number of fused-ring (bicyclic) bond motifs is 2. The van der Waals surface area contributed by atoms with E-state index >= 15 is 0 Å². The first-order valence-electron chi connectivity index (χ1n) is 9.46. The fourth-order valence-electron chi connectivity index (χ4n) is 3.17. The van der Waals surface area contributed by atoms with Crippen LogP contribution in [0.15, 0.2) is 29.4 Å². The van der Waals surface area contributed by atoms with E-state index in [-0.39, 0.29) is 24.6 Å². The summed E-state index contributed by atoms with van der Waals surface area (Å²) < 4.78 is 12.8. The molecule has 1 aromatic carbocycles. The highest BCUT2D eigenvalue weighted by Gasteiger charge is 2.20. The second kappa shape index (κ2) is 8.59. The van der Waals surface area contributed by atoms with Crippen LogP contribution in [-0.4, -0.2) is 51.0 Å². The maximum absolute atomic E-state index is 13.0. The minimum atomic E-state index is -0.147. The molecule has 3 aromatic rings. The van der Waals surface area contributed by atoms with E-state index < -0.39 is 0 Å². The number of rotatable bonds is 6. The molecule has 0 atom stereocenters. The van der Waals surface area contributed by atoms with E-state index in [1.807, 2.05) is 19.9 Å². The lowest BCUT2D eigenvalue weighted by Crippen LogP contribution is -2.33. The van der Waals surface area contributed by atoms with Gasteiger partial charge < -0.3 is 14.4 Å². The summed E-state index contributed by atoms with van der Waals surface area (Å²) in [7, 11) is 0. The van der Waals surface area contributed by atoms with Crippen LogP contribution in [-0.2, 0) is 4.79 Å². The Bertz CT molecular complexity index is 1140.